The van der Waals surface area contributed by atoms with E-state index in [0.29, 0.717) is 6.42 Å². The van der Waals surface area contributed by atoms with Gasteiger partial charge in [0.25, 0.3) is 0 Å². The fourth-order valence-electron chi connectivity index (χ4n) is 3.87. The molecule has 0 saturated carbocycles. The van der Waals surface area contributed by atoms with Gasteiger partial charge in [-0.2, -0.15) is 0 Å². The number of rotatable bonds is 7. The molecule has 1 aliphatic rings. The van der Waals surface area contributed by atoms with Gasteiger partial charge in [0.2, 0.25) is 5.91 Å². The van der Waals surface area contributed by atoms with Crippen LogP contribution in [0.25, 0.3) is 10.6 Å². The van der Waals surface area contributed by atoms with Crippen molar-refractivity contribution in [3.8, 4) is 10.6 Å². The Hall–Kier alpha value is -2.54. The third-order valence-corrected chi connectivity index (χ3v) is 6.69. The molecule has 31 heavy (non-hydrogen) atoms. The van der Waals surface area contributed by atoms with E-state index in [2.05, 4.69) is 46.4 Å². The van der Waals surface area contributed by atoms with Crippen LogP contribution in [-0.2, 0) is 17.8 Å². The average molecular weight is 435 g/mol. The predicted octanol–water partition coefficient (Wildman–Crippen LogP) is 3.98. The standard InChI is InChI=1S/C25H30N4OS/c1-19(21-8-4-3-5-9-21)26-24(30)16-23-18-31-25(27-23)22-10-6-7-20(15-22)17-29-13-11-28(2)12-14-29/h3-10,15,18-19H,11-14,16-17H2,1-2H3,(H,26,30). The Bertz CT molecular complexity index is 996. The van der Waals surface area contributed by atoms with E-state index in [4.69, 9.17) is 4.98 Å². The van der Waals surface area contributed by atoms with Gasteiger partial charge in [0, 0.05) is 43.7 Å². The first-order valence-electron chi connectivity index (χ1n) is 10.9. The highest BCUT2D eigenvalue weighted by molar-refractivity contribution is 7.13. The Morgan fingerprint density at radius 1 is 1.10 bits per heavy atom. The molecule has 4 rings (SSSR count). The molecule has 1 N–H and O–H groups in total. The number of carbonyl (C=O) groups excluding carboxylic acids is 1. The normalized spacial score (nSPS) is 16.2. The van der Waals surface area contributed by atoms with Crippen LogP contribution in [0, 0.1) is 0 Å². The maximum absolute atomic E-state index is 12.5. The molecule has 0 radical (unpaired) electrons. The van der Waals surface area contributed by atoms with Crippen LogP contribution in [0.5, 0.6) is 0 Å². The highest BCUT2D eigenvalue weighted by atomic mass is 32.1. The minimum Gasteiger partial charge on any atom is -0.349 e. The lowest BCUT2D eigenvalue weighted by atomic mass is 10.1. The maximum atomic E-state index is 12.5. The molecule has 1 atom stereocenters. The van der Waals surface area contributed by atoms with Gasteiger partial charge in [0.15, 0.2) is 0 Å². The number of benzene rings is 2. The summed E-state index contributed by atoms with van der Waals surface area (Å²) >= 11 is 1.60. The first-order valence-corrected chi connectivity index (χ1v) is 11.7. The van der Waals surface area contributed by atoms with Crippen molar-refractivity contribution in [3.63, 3.8) is 0 Å². The van der Waals surface area contributed by atoms with E-state index in [1.165, 1.54) is 5.56 Å². The average Bonchev–Trinajstić information content (AvgIpc) is 3.24. The lowest BCUT2D eigenvalue weighted by molar-refractivity contribution is -0.121. The van der Waals surface area contributed by atoms with E-state index in [0.717, 1.165) is 54.6 Å². The van der Waals surface area contributed by atoms with E-state index in [9.17, 15) is 4.79 Å². The van der Waals surface area contributed by atoms with Gasteiger partial charge in [0.1, 0.15) is 5.01 Å². The molecule has 0 spiro atoms. The smallest absolute Gasteiger partial charge is 0.226 e. The molecule has 2 heterocycles. The summed E-state index contributed by atoms with van der Waals surface area (Å²) in [5.41, 5.74) is 4.36. The molecule has 0 bridgehead atoms. The zero-order valence-electron chi connectivity index (χ0n) is 18.3. The largest absolute Gasteiger partial charge is 0.349 e. The second-order valence-corrected chi connectivity index (χ2v) is 9.16. The number of nitrogens with zero attached hydrogens (tertiary/aromatic N) is 3. The molecule has 6 heteroatoms. The molecular formula is C25H30N4OS. The van der Waals surface area contributed by atoms with Crippen LogP contribution in [0.2, 0.25) is 0 Å². The van der Waals surface area contributed by atoms with Crippen molar-refractivity contribution in [2.24, 2.45) is 0 Å². The lowest BCUT2D eigenvalue weighted by Crippen LogP contribution is -2.43. The van der Waals surface area contributed by atoms with E-state index < -0.39 is 0 Å². The summed E-state index contributed by atoms with van der Waals surface area (Å²) in [5.74, 6) is -0.00276. The predicted molar refractivity (Wildman–Crippen MR) is 127 cm³/mol. The summed E-state index contributed by atoms with van der Waals surface area (Å²) in [6.07, 6.45) is 0.300. The van der Waals surface area contributed by atoms with Crippen LogP contribution < -0.4 is 5.32 Å². The number of amides is 1. The topological polar surface area (TPSA) is 48.5 Å². The van der Waals surface area contributed by atoms with E-state index in [1.54, 1.807) is 11.3 Å². The number of nitrogens with one attached hydrogen (secondary N) is 1. The first-order chi connectivity index (χ1) is 15.1. The number of piperazine rings is 1. The fourth-order valence-corrected chi connectivity index (χ4v) is 4.69. The number of carbonyl (C=O) groups is 1. The van der Waals surface area contributed by atoms with Crippen LogP contribution in [0.15, 0.2) is 60.0 Å². The number of hydrogen-bond acceptors (Lipinski definition) is 5. The summed E-state index contributed by atoms with van der Waals surface area (Å²) in [5, 5.41) is 6.03. The van der Waals surface area contributed by atoms with Gasteiger partial charge in [-0.3, -0.25) is 9.69 Å². The van der Waals surface area contributed by atoms with Crippen molar-refractivity contribution in [1.29, 1.82) is 0 Å². The Morgan fingerprint density at radius 3 is 2.65 bits per heavy atom. The Labute approximate surface area is 188 Å². The van der Waals surface area contributed by atoms with Crippen molar-refractivity contribution in [1.82, 2.24) is 20.1 Å². The monoisotopic (exact) mass is 434 g/mol. The zero-order chi connectivity index (χ0) is 21.6. The second kappa shape index (κ2) is 10.2. The van der Waals surface area contributed by atoms with Crippen LogP contribution in [0.1, 0.15) is 29.8 Å². The summed E-state index contributed by atoms with van der Waals surface area (Å²) in [4.78, 5) is 22.1. The van der Waals surface area contributed by atoms with Gasteiger partial charge < -0.3 is 10.2 Å². The van der Waals surface area contributed by atoms with Gasteiger partial charge in [-0.05, 0) is 31.2 Å². The van der Waals surface area contributed by atoms with Crippen LogP contribution >= 0.6 is 11.3 Å². The van der Waals surface area contributed by atoms with Gasteiger partial charge in [-0.1, -0.05) is 48.5 Å². The van der Waals surface area contributed by atoms with Crippen molar-refractivity contribution in [2.45, 2.75) is 25.9 Å². The molecule has 1 amide bonds. The van der Waals surface area contributed by atoms with E-state index >= 15 is 0 Å². The highest BCUT2D eigenvalue weighted by Crippen LogP contribution is 2.25. The van der Waals surface area contributed by atoms with Gasteiger partial charge in [-0.25, -0.2) is 4.98 Å². The molecule has 1 aromatic heterocycles. The van der Waals surface area contributed by atoms with Crippen LogP contribution in [0.3, 0.4) is 0 Å². The van der Waals surface area contributed by atoms with Crippen molar-refractivity contribution in [2.75, 3.05) is 33.2 Å². The maximum Gasteiger partial charge on any atom is 0.226 e. The fraction of sp³-hybridized carbons (Fsp3) is 0.360. The summed E-state index contributed by atoms with van der Waals surface area (Å²) in [6.45, 7) is 7.45. The molecule has 3 aromatic rings. The molecule has 1 fully saturated rings. The summed E-state index contributed by atoms with van der Waals surface area (Å²) < 4.78 is 0. The lowest BCUT2D eigenvalue weighted by Gasteiger charge is -2.32. The van der Waals surface area contributed by atoms with E-state index in [-0.39, 0.29) is 11.9 Å². The number of aromatic nitrogens is 1. The minimum absolute atomic E-state index is 0.00276. The Morgan fingerprint density at radius 2 is 1.87 bits per heavy atom. The second-order valence-electron chi connectivity index (χ2n) is 8.30. The number of hydrogen-bond donors (Lipinski definition) is 1. The zero-order valence-corrected chi connectivity index (χ0v) is 19.1. The van der Waals surface area contributed by atoms with Gasteiger partial charge in [-0.15, -0.1) is 11.3 Å². The highest BCUT2D eigenvalue weighted by Gasteiger charge is 2.15. The van der Waals surface area contributed by atoms with Crippen LogP contribution in [0.4, 0.5) is 0 Å². The van der Waals surface area contributed by atoms with Crippen molar-refractivity contribution >= 4 is 17.2 Å². The number of likely N-dealkylation sites (N-methyl/N-ethyl adjacent to an activating group) is 1. The third-order valence-electron chi connectivity index (χ3n) is 5.75. The van der Waals surface area contributed by atoms with E-state index in [1.807, 2.05) is 42.6 Å². The minimum atomic E-state index is -0.0157. The number of thiazole rings is 1. The Balaban J connectivity index is 1.35. The molecule has 1 saturated heterocycles. The SMILES string of the molecule is CC(NC(=O)Cc1csc(-c2cccc(CN3CCN(C)CC3)c2)n1)c1ccccc1. The molecule has 0 aliphatic carbocycles. The molecular weight excluding hydrogens is 404 g/mol. The first kappa shape index (κ1) is 21.7. The Kier molecular flexibility index (Phi) is 7.12. The van der Waals surface area contributed by atoms with Crippen molar-refractivity contribution < 1.29 is 4.79 Å². The van der Waals surface area contributed by atoms with Gasteiger partial charge >= 0.3 is 0 Å². The molecule has 1 aliphatic heterocycles. The van der Waals surface area contributed by atoms with Gasteiger partial charge in [0.05, 0.1) is 18.2 Å². The molecule has 2 aromatic carbocycles. The molecule has 1 unspecified atom stereocenters. The summed E-state index contributed by atoms with van der Waals surface area (Å²) in [7, 11) is 2.18. The van der Waals surface area contributed by atoms with Crippen LogP contribution in [-0.4, -0.2) is 53.9 Å². The van der Waals surface area contributed by atoms with Crippen molar-refractivity contribution in [3.05, 3.63) is 76.8 Å². The molecule has 5 nitrogen and oxygen atoms in total. The quantitative estimate of drug-likeness (QED) is 0.611. The third kappa shape index (κ3) is 6.00. The molecule has 162 valence electrons. The summed E-state index contributed by atoms with van der Waals surface area (Å²) in [6, 6.07) is 18.6.